The molecule has 224 valence electrons. The molecule has 41 heavy (non-hydrogen) atoms. The minimum absolute atomic E-state index is 0.0339. The summed E-state index contributed by atoms with van der Waals surface area (Å²) in [6.07, 6.45) is 0.701. The van der Waals surface area contributed by atoms with Crippen LogP contribution < -0.4 is 11.2 Å². The number of aliphatic hydroxyl groups excluding tert-OH is 2. The third-order valence-corrected chi connectivity index (χ3v) is 6.48. The number of nitrogens with zero attached hydrogens (tertiary/aromatic N) is 2. The molecule has 0 saturated carbocycles. The quantitative estimate of drug-likeness (QED) is 0.119. The van der Waals surface area contributed by atoms with Gasteiger partial charge in [-0.15, -0.1) is 0 Å². The van der Waals surface area contributed by atoms with Crippen LogP contribution in [0.3, 0.4) is 0 Å². The summed E-state index contributed by atoms with van der Waals surface area (Å²) in [7, 11) is 1.20. The molecule has 0 aliphatic carbocycles. The maximum atomic E-state index is 13.8. The highest BCUT2D eigenvalue weighted by Gasteiger charge is 2.34. The first kappa shape index (κ1) is 34.0. The van der Waals surface area contributed by atoms with E-state index in [1.807, 2.05) is 13.0 Å². The first-order valence-corrected chi connectivity index (χ1v) is 13.7. The molecule has 0 radical (unpaired) electrons. The number of carbonyl (C=O) groups excluding carboxylic acids is 2. The van der Waals surface area contributed by atoms with Crippen LogP contribution >= 0.6 is 23.4 Å². The van der Waals surface area contributed by atoms with Crippen molar-refractivity contribution in [1.29, 1.82) is 0 Å². The van der Waals surface area contributed by atoms with Crippen molar-refractivity contribution in [2.24, 2.45) is 10.8 Å². The molecule has 14 heteroatoms. The number of aliphatic imine (C=N–C) groups is 1. The lowest BCUT2D eigenvalue weighted by atomic mass is 9.95. The summed E-state index contributed by atoms with van der Waals surface area (Å²) < 4.78 is 27.9. The number of carbonyl (C=O) groups is 2. The Bertz CT molecular complexity index is 1220. The Kier molecular flexibility index (Phi) is 14.0. The van der Waals surface area contributed by atoms with Gasteiger partial charge < -0.3 is 34.7 Å². The number of aliphatic hydroxyl groups is 2. The molecule has 0 spiro atoms. The first-order valence-electron chi connectivity index (χ1n) is 12.4. The summed E-state index contributed by atoms with van der Waals surface area (Å²) in [4.78, 5) is 29.7. The normalized spacial score (nSPS) is 17.7. The molecule has 1 aromatic rings. The lowest BCUT2D eigenvalue weighted by Gasteiger charge is -2.30. The van der Waals surface area contributed by atoms with Crippen LogP contribution in [-0.4, -0.2) is 78.7 Å². The summed E-state index contributed by atoms with van der Waals surface area (Å²) in [6, 6.07) is 2.74. The molecule has 2 heterocycles. The van der Waals surface area contributed by atoms with Crippen LogP contribution in [0.1, 0.15) is 25.5 Å². The topological polar surface area (TPSA) is 159 Å². The molecule has 11 nitrogen and oxygen atoms in total. The van der Waals surface area contributed by atoms with E-state index in [9.17, 15) is 24.2 Å². The lowest BCUT2D eigenvalue weighted by molar-refractivity contribution is -0.157. The fourth-order valence-electron chi connectivity index (χ4n) is 3.27. The number of epoxide rings is 1. The molecule has 2 unspecified atom stereocenters. The number of ether oxygens (including phenoxy) is 3. The number of amidine groups is 1. The molecule has 3 rings (SSSR count). The Balaban J connectivity index is 0.00000183. The molecule has 5 N–H and O–H groups in total. The van der Waals surface area contributed by atoms with Crippen LogP contribution in [0.4, 0.5) is 4.39 Å². The van der Waals surface area contributed by atoms with Crippen molar-refractivity contribution in [3.8, 4) is 0 Å². The molecule has 1 aromatic carbocycles. The van der Waals surface area contributed by atoms with E-state index < -0.39 is 36.0 Å². The van der Waals surface area contributed by atoms with E-state index in [0.717, 1.165) is 30.4 Å². The Hall–Kier alpha value is -3.20. The zero-order valence-corrected chi connectivity index (χ0v) is 24.5. The average Bonchev–Trinajstić information content (AvgIpc) is 3.83. The summed E-state index contributed by atoms with van der Waals surface area (Å²) in [5, 5.41) is 26.0. The number of nitrogens with two attached hydrogens (primary N) is 1. The second-order valence-corrected chi connectivity index (χ2v) is 9.79. The van der Waals surface area contributed by atoms with E-state index in [1.165, 1.54) is 37.2 Å². The Morgan fingerprint density at radius 3 is 2.66 bits per heavy atom. The number of esters is 2. The number of rotatable bonds is 12. The summed E-state index contributed by atoms with van der Waals surface area (Å²) in [6.45, 7) is 9.31. The summed E-state index contributed by atoms with van der Waals surface area (Å²) in [5.74, 6) is 4.12. The van der Waals surface area contributed by atoms with E-state index in [1.54, 1.807) is 12.3 Å². The second kappa shape index (κ2) is 16.9. The van der Waals surface area contributed by atoms with Crippen LogP contribution in [0.2, 0.25) is 5.02 Å². The van der Waals surface area contributed by atoms with Gasteiger partial charge in [0.05, 0.1) is 44.7 Å². The average molecular weight is 613 g/mol. The van der Waals surface area contributed by atoms with E-state index >= 15 is 0 Å². The Morgan fingerprint density at radius 1 is 1.41 bits per heavy atom. The number of hydrogen-bond donors (Lipinski definition) is 4. The molecule has 1 saturated heterocycles. The van der Waals surface area contributed by atoms with Gasteiger partial charge in [0.1, 0.15) is 23.8 Å². The molecule has 2 aliphatic rings. The number of thioether (sulfide) groups is 1. The Morgan fingerprint density at radius 2 is 2.10 bits per heavy atom. The molecule has 3 atom stereocenters. The largest absolute Gasteiger partial charge is 0.466 e. The van der Waals surface area contributed by atoms with Gasteiger partial charge in [0.25, 0.3) is 0 Å². The van der Waals surface area contributed by atoms with E-state index in [4.69, 9.17) is 22.2 Å². The van der Waals surface area contributed by atoms with Gasteiger partial charge in [0.2, 0.25) is 0 Å². The van der Waals surface area contributed by atoms with Crippen molar-refractivity contribution in [2.75, 3.05) is 33.5 Å². The third kappa shape index (κ3) is 10.6. The van der Waals surface area contributed by atoms with Crippen LogP contribution in [-0.2, 0) is 23.8 Å². The van der Waals surface area contributed by atoms with Crippen molar-refractivity contribution in [3.05, 3.63) is 81.1 Å². The number of methoxy groups -OCH3 is 1. The SMILES string of the molecule is C1CO1.C=C(S/C=C\C)C1=N[C@@H](c2ccc(F)cc2Cl)C(C(=O)OC)=C(CN(N)/C=C/C(O)C(O)C(=O)OCC)N1. The fourth-order valence-corrected chi connectivity index (χ4v) is 4.06. The number of allylic oxidation sites excluding steroid dienone is 1. The highest BCUT2D eigenvalue weighted by Crippen LogP contribution is 2.37. The fraction of sp³-hybridized carbons (Fsp3) is 0.370. The molecule has 1 fully saturated rings. The highest BCUT2D eigenvalue weighted by molar-refractivity contribution is 8.06. The lowest BCUT2D eigenvalue weighted by Crippen LogP contribution is -2.40. The number of hydrazine groups is 1. The maximum Gasteiger partial charge on any atom is 0.338 e. The van der Waals surface area contributed by atoms with E-state index in [2.05, 4.69) is 26.4 Å². The number of nitrogens with one attached hydrogen (secondary N) is 1. The zero-order chi connectivity index (χ0) is 30.5. The van der Waals surface area contributed by atoms with Crippen molar-refractivity contribution in [3.63, 3.8) is 0 Å². The zero-order valence-electron chi connectivity index (χ0n) is 22.9. The van der Waals surface area contributed by atoms with Gasteiger partial charge in [0.15, 0.2) is 6.10 Å². The highest BCUT2D eigenvalue weighted by atomic mass is 35.5. The molecular weight excluding hydrogens is 579 g/mol. The van der Waals surface area contributed by atoms with Crippen LogP contribution in [0.15, 0.2) is 69.7 Å². The van der Waals surface area contributed by atoms with Crippen LogP contribution in [0, 0.1) is 5.82 Å². The standard InChI is InChI=1S/C25H30ClFN4O6S.C2H4O/c1-5-11-38-14(3)23-29-18(13-31(28)10-9-19(32)22(33)25(35)37-6-2)20(24(34)36-4)21(30-23)16-8-7-15(27)12-17(16)26;1-2-3-1/h5,7-12,19,21-22,32-33H,3,6,13,28H2,1-2,4H3,(H,29,30);1-2H2/b10-9+,11-5-;/t19?,21-,22?;/m0./s1. The number of hydrogen-bond acceptors (Lipinski definition) is 12. The van der Waals surface area contributed by atoms with E-state index in [-0.39, 0.29) is 29.4 Å². The summed E-state index contributed by atoms with van der Waals surface area (Å²) in [5.41, 5.74) is 0.674. The third-order valence-electron chi connectivity index (χ3n) is 5.27. The summed E-state index contributed by atoms with van der Waals surface area (Å²) >= 11 is 7.61. The number of halogens is 2. The van der Waals surface area contributed by atoms with Gasteiger partial charge in [-0.2, -0.15) is 0 Å². The first-order chi connectivity index (χ1) is 19.5. The van der Waals surface area contributed by atoms with Crippen LogP contribution in [0.25, 0.3) is 0 Å². The second-order valence-electron chi connectivity index (χ2n) is 8.38. The monoisotopic (exact) mass is 612 g/mol. The smallest absolute Gasteiger partial charge is 0.338 e. The van der Waals surface area contributed by atoms with Crippen LogP contribution in [0.5, 0.6) is 0 Å². The molecule has 2 aliphatic heterocycles. The molecule has 0 bridgehead atoms. The van der Waals surface area contributed by atoms with Gasteiger partial charge in [-0.1, -0.05) is 42.1 Å². The predicted molar refractivity (Wildman–Crippen MR) is 155 cm³/mol. The van der Waals surface area contributed by atoms with Gasteiger partial charge in [0, 0.05) is 21.7 Å². The maximum absolute atomic E-state index is 13.8. The van der Waals surface area contributed by atoms with Crippen molar-refractivity contribution in [1.82, 2.24) is 10.3 Å². The van der Waals surface area contributed by atoms with Crippen molar-refractivity contribution in [2.45, 2.75) is 32.1 Å². The molecular formula is C27H34ClFN4O7S. The van der Waals surface area contributed by atoms with Gasteiger partial charge in [-0.05, 0) is 37.5 Å². The van der Waals surface area contributed by atoms with Gasteiger partial charge in [-0.3, -0.25) is 4.99 Å². The Labute approximate surface area is 247 Å². The van der Waals surface area contributed by atoms with Crippen molar-refractivity contribution < 1.29 is 38.4 Å². The van der Waals surface area contributed by atoms with Gasteiger partial charge >= 0.3 is 11.9 Å². The molecule has 0 amide bonds. The predicted octanol–water partition coefficient (Wildman–Crippen LogP) is 2.72. The van der Waals surface area contributed by atoms with E-state index in [0.29, 0.717) is 16.3 Å². The minimum Gasteiger partial charge on any atom is -0.466 e. The van der Waals surface area contributed by atoms with Gasteiger partial charge in [-0.25, -0.2) is 19.8 Å². The molecule has 0 aromatic heterocycles. The minimum atomic E-state index is -1.81. The van der Waals surface area contributed by atoms with Crippen molar-refractivity contribution >= 4 is 41.1 Å². The number of benzene rings is 1.